The predicted octanol–water partition coefficient (Wildman–Crippen LogP) is 5.35. The van der Waals surface area contributed by atoms with Crippen molar-refractivity contribution in [1.29, 1.82) is 0 Å². The second kappa shape index (κ2) is 8.76. The van der Waals surface area contributed by atoms with Crippen molar-refractivity contribution in [3.8, 4) is 0 Å². The first-order valence-corrected chi connectivity index (χ1v) is 12.9. The highest BCUT2D eigenvalue weighted by atomic mass is 16.5. The lowest BCUT2D eigenvalue weighted by Gasteiger charge is -2.60. The van der Waals surface area contributed by atoms with Crippen molar-refractivity contribution >= 4 is 17.7 Å². The smallest absolute Gasteiger partial charge is 0.305 e. The summed E-state index contributed by atoms with van der Waals surface area (Å²) < 4.78 is 10.4. The molecule has 32 heavy (non-hydrogen) atoms. The highest BCUT2D eigenvalue weighted by molar-refractivity contribution is 5.87. The van der Waals surface area contributed by atoms with E-state index in [9.17, 15) is 14.4 Å². The number of methoxy groups -OCH3 is 1. The van der Waals surface area contributed by atoms with E-state index >= 15 is 0 Å². The number of hydrogen-bond donors (Lipinski definition) is 0. The number of Topliss-reactive ketones (excluding diaryl/α,β-unsaturated/α-hetero) is 1. The topological polar surface area (TPSA) is 69.7 Å². The summed E-state index contributed by atoms with van der Waals surface area (Å²) in [6.45, 7) is 8.43. The fourth-order valence-electron chi connectivity index (χ4n) is 8.86. The number of carbonyl (C=O) groups excluding carboxylic acids is 3. The van der Waals surface area contributed by atoms with Crippen LogP contribution in [0.15, 0.2) is 0 Å². The van der Waals surface area contributed by atoms with E-state index in [1.807, 2.05) is 0 Å². The van der Waals surface area contributed by atoms with Crippen LogP contribution < -0.4 is 0 Å². The molecule has 0 radical (unpaired) electrons. The van der Waals surface area contributed by atoms with Crippen LogP contribution in [0.3, 0.4) is 0 Å². The molecule has 0 aromatic heterocycles. The van der Waals surface area contributed by atoms with E-state index in [2.05, 4.69) is 20.8 Å². The van der Waals surface area contributed by atoms with Crippen LogP contribution >= 0.6 is 0 Å². The predicted molar refractivity (Wildman–Crippen MR) is 122 cm³/mol. The van der Waals surface area contributed by atoms with Gasteiger partial charge in [-0.2, -0.15) is 0 Å². The van der Waals surface area contributed by atoms with Gasteiger partial charge < -0.3 is 9.47 Å². The molecule has 4 fully saturated rings. The van der Waals surface area contributed by atoms with Crippen LogP contribution in [0.1, 0.15) is 91.9 Å². The van der Waals surface area contributed by atoms with Gasteiger partial charge in [0.25, 0.3) is 0 Å². The lowest BCUT2D eigenvalue weighted by molar-refractivity contribution is -0.167. The number of ether oxygens (including phenoxy) is 2. The highest BCUT2D eigenvalue weighted by Gasteiger charge is 2.64. The van der Waals surface area contributed by atoms with Crippen LogP contribution in [-0.4, -0.2) is 30.9 Å². The average molecular weight is 447 g/mol. The van der Waals surface area contributed by atoms with E-state index in [1.165, 1.54) is 26.9 Å². The SMILES string of the molecule is COC(=O)CC[C@@H](C)C1CC[C@H]2[C@@H]3CC[C@@H]4C[C@H](OC(C)=O)CC[C@]4(C)[C@H]3CC(=O)[C@]12C. The lowest BCUT2D eigenvalue weighted by Crippen LogP contribution is -2.57. The van der Waals surface area contributed by atoms with Crippen LogP contribution in [0.25, 0.3) is 0 Å². The summed E-state index contributed by atoms with van der Waals surface area (Å²) in [6, 6.07) is 0. The number of ketones is 1. The van der Waals surface area contributed by atoms with Crippen molar-refractivity contribution in [1.82, 2.24) is 0 Å². The Hall–Kier alpha value is -1.39. The van der Waals surface area contributed by atoms with E-state index in [4.69, 9.17) is 9.47 Å². The molecular formula is C27H42O5. The molecule has 180 valence electrons. The molecule has 4 rings (SSSR count). The first kappa shape index (κ1) is 23.8. The van der Waals surface area contributed by atoms with Crippen molar-refractivity contribution in [3.63, 3.8) is 0 Å². The molecule has 4 saturated carbocycles. The quantitative estimate of drug-likeness (QED) is 0.533. The molecule has 0 bridgehead atoms. The zero-order valence-corrected chi connectivity index (χ0v) is 20.7. The van der Waals surface area contributed by atoms with E-state index in [0.29, 0.717) is 54.1 Å². The maximum Gasteiger partial charge on any atom is 0.305 e. The Morgan fingerprint density at radius 2 is 1.84 bits per heavy atom. The molecule has 0 aromatic rings. The Bertz CT molecular complexity index is 761. The Morgan fingerprint density at radius 1 is 1.09 bits per heavy atom. The number of fused-ring (bicyclic) bond motifs is 5. The van der Waals surface area contributed by atoms with Gasteiger partial charge >= 0.3 is 11.9 Å². The lowest BCUT2D eigenvalue weighted by atomic mass is 9.44. The van der Waals surface area contributed by atoms with Crippen LogP contribution in [0.2, 0.25) is 0 Å². The molecule has 4 aliphatic rings. The fourth-order valence-corrected chi connectivity index (χ4v) is 8.86. The maximum absolute atomic E-state index is 13.8. The molecule has 0 aromatic carbocycles. The van der Waals surface area contributed by atoms with Crippen LogP contribution in [-0.2, 0) is 23.9 Å². The van der Waals surface area contributed by atoms with E-state index in [0.717, 1.165) is 38.5 Å². The summed E-state index contributed by atoms with van der Waals surface area (Å²) in [5.41, 5.74) is -0.0556. The molecule has 1 unspecified atom stereocenters. The summed E-state index contributed by atoms with van der Waals surface area (Å²) in [7, 11) is 1.45. The number of carbonyl (C=O) groups is 3. The summed E-state index contributed by atoms with van der Waals surface area (Å²) in [4.78, 5) is 37.0. The molecule has 5 nitrogen and oxygen atoms in total. The van der Waals surface area contributed by atoms with Crippen molar-refractivity contribution in [3.05, 3.63) is 0 Å². The second-order valence-corrected chi connectivity index (χ2v) is 11.8. The molecule has 0 heterocycles. The monoisotopic (exact) mass is 446 g/mol. The van der Waals surface area contributed by atoms with Gasteiger partial charge in [-0.1, -0.05) is 20.8 Å². The molecule has 0 N–H and O–H groups in total. The normalized spacial score (nSPS) is 44.1. The molecule has 5 heteroatoms. The highest BCUT2D eigenvalue weighted by Crippen LogP contribution is 2.67. The van der Waals surface area contributed by atoms with Gasteiger partial charge in [0, 0.05) is 25.2 Å². The molecule has 4 aliphatic carbocycles. The molecule has 0 aliphatic heterocycles. The Labute approximate surface area is 193 Å². The molecule has 0 saturated heterocycles. The molecular weight excluding hydrogens is 404 g/mol. The summed E-state index contributed by atoms with van der Waals surface area (Å²) in [5, 5.41) is 0. The van der Waals surface area contributed by atoms with Gasteiger partial charge in [0.2, 0.25) is 0 Å². The minimum atomic E-state index is -0.241. The van der Waals surface area contributed by atoms with Gasteiger partial charge in [0.15, 0.2) is 0 Å². The van der Waals surface area contributed by atoms with E-state index in [1.54, 1.807) is 0 Å². The standard InChI is InChI=1S/C27H42O5/c1-16(6-11-25(30)31-5)21-9-10-22-20-8-7-18-14-19(32-17(2)28)12-13-26(18,3)23(20)15-24(29)27(21,22)4/h16,18-23H,6-15H2,1-5H3/t16-,18-,19-,20+,21?,22+,23+,26+,27-/m1/s1. The van der Waals surface area contributed by atoms with Crippen molar-refractivity contribution < 1.29 is 23.9 Å². The van der Waals surface area contributed by atoms with Gasteiger partial charge in [-0.05, 0) is 92.3 Å². The number of rotatable bonds is 5. The Kier molecular flexibility index (Phi) is 6.50. The molecule has 0 amide bonds. The third-order valence-corrected chi connectivity index (χ3v) is 10.6. The average Bonchev–Trinajstić information content (AvgIpc) is 3.11. The van der Waals surface area contributed by atoms with Crippen molar-refractivity contribution in [2.45, 2.75) is 98.0 Å². The minimum absolute atomic E-state index is 0.0539. The minimum Gasteiger partial charge on any atom is -0.469 e. The number of esters is 2. The third-order valence-electron chi connectivity index (χ3n) is 10.6. The van der Waals surface area contributed by atoms with Crippen molar-refractivity contribution in [2.75, 3.05) is 7.11 Å². The van der Waals surface area contributed by atoms with Gasteiger partial charge in [-0.15, -0.1) is 0 Å². The van der Waals surface area contributed by atoms with Crippen LogP contribution in [0.5, 0.6) is 0 Å². The maximum atomic E-state index is 13.8. The first-order valence-electron chi connectivity index (χ1n) is 12.9. The van der Waals surface area contributed by atoms with Crippen LogP contribution in [0.4, 0.5) is 0 Å². The van der Waals surface area contributed by atoms with Crippen molar-refractivity contribution in [2.24, 2.45) is 46.3 Å². The zero-order valence-electron chi connectivity index (χ0n) is 20.7. The van der Waals surface area contributed by atoms with Crippen LogP contribution in [0, 0.1) is 46.3 Å². The fraction of sp³-hybridized carbons (Fsp3) is 0.889. The number of hydrogen-bond acceptors (Lipinski definition) is 5. The molecule has 0 spiro atoms. The van der Waals surface area contributed by atoms with E-state index in [-0.39, 0.29) is 28.9 Å². The van der Waals surface area contributed by atoms with Gasteiger partial charge in [0.1, 0.15) is 11.9 Å². The summed E-state index contributed by atoms with van der Waals surface area (Å²) >= 11 is 0. The van der Waals surface area contributed by atoms with Gasteiger partial charge in [-0.3, -0.25) is 14.4 Å². The van der Waals surface area contributed by atoms with Gasteiger partial charge in [0.05, 0.1) is 7.11 Å². The largest absolute Gasteiger partial charge is 0.469 e. The molecule has 9 atom stereocenters. The second-order valence-electron chi connectivity index (χ2n) is 11.8. The Morgan fingerprint density at radius 3 is 2.53 bits per heavy atom. The zero-order chi connectivity index (χ0) is 23.3. The van der Waals surface area contributed by atoms with E-state index < -0.39 is 0 Å². The third kappa shape index (κ3) is 3.81. The summed E-state index contributed by atoms with van der Waals surface area (Å²) in [5.74, 6) is 3.00. The Balaban J connectivity index is 1.50. The van der Waals surface area contributed by atoms with Gasteiger partial charge in [-0.25, -0.2) is 0 Å². The summed E-state index contributed by atoms with van der Waals surface area (Å²) in [6.07, 6.45) is 9.61. The first-order chi connectivity index (χ1) is 15.1.